The second kappa shape index (κ2) is 4.76. The maximum Gasteiger partial charge on any atom is -0.0244 e. The molecule has 1 rings (SSSR count). The Labute approximate surface area is 74.9 Å². The molecule has 0 unspecified atom stereocenters. The lowest BCUT2D eigenvalue weighted by Crippen LogP contribution is -1.82. The largest absolute Gasteiger partial charge is 0.0917 e. The molecule has 0 heteroatoms. The van der Waals surface area contributed by atoms with Crippen LogP contribution in [0.5, 0.6) is 0 Å². The quantitative estimate of drug-likeness (QED) is 0.594. The van der Waals surface area contributed by atoms with Crippen LogP contribution >= 0.6 is 0 Å². The van der Waals surface area contributed by atoms with Gasteiger partial charge in [0.25, 0.3) is 0 Å². The highest BCUT2D eigenvalue weighted by molar-refractivity contribution is 5.21. The molecule has 0 saturated carbocycles. The Balaban J connectivity index is 2.47. The van der Waals surface area contributed by atoms with Gasteiger partial charge in [-0.25, -0.2) is 0 Å². The molecule has 0 spiro atoms. The molecule has 0 bridgehead atoms. The first-order valence-electron chi connectivity index (χ1n) is 4.49. The van der Waals surface area contributed by atoms with Crippen LogP contribution in [-0.2, 0) is 6.42 Å². The van der Waals surface area contributed by atoms with E-state index in [4.69, 9.17) is 0 Å². The van der Waals surface area contributed by atoms with Gasteiger partial charge < -0.3 is 0 Å². The summed E-state index contributed by atoms with van der Waals surface area (Å²) in [6.45, 7) is 4.19. The average Bonchev–Trinajstić information content (AvgIpc) is 2.09. The molecule has 12 heavy (non-hydrogen) atoms. The minimum atomic E-state index is 1.15. The zero-order valence-corrected chi connectivity index (χ0v) is 7.88. The van der Waals surface area contributed by atoms with Crippen LogP contribution in [0.15, 0.2) is 36.4 Å². The maximum atomic E-state index is 2.21. The first-order valence-corrected chi connectivity index (χ1v) is 4.49. The monoisotopic (exact) mass is 160 g/mol. The molecule has 0 nitrogen and oxygen atoms in total. The lowest BCUT2D eigenvalue weighted by atomic mass is 10.1. The van der Waals surface area contributed by atoms with Gasteiger partial charge in [0.05, 0.1) is 0 Å². The van der Waals surface area contributed by atoms with E-state index in [-0.39, 0.29) is 0 Å². The van der Waals surface area contributed by atoms with Gasteiger partial charge in [0.2, 0.25) is 0 Å². The van der Waals surface area contributed by atoms with Gasteiger partial charge in [0.1, 0.15) is 0 Å². The summed E-state index contributed by atoms with van der Waals surface area (Å²) in [5.41, 5.74) is 2.77. The van der Waals surface area contributed by atoms with E-state index in [0.29, 0.717) is 0 Å². The third-order valence-corrected chi connectivity index (χ3v) is 1.96. The van der Waals surface area contributed by atoms with Gasteiger partial charge in [-0.15, -0.1) is 0 Å². The molecule has 0 atom stereocenters. The van der Waals surface area contributed by atoms with E-state index in [1.807, 2.05) is 0 Å². The summed E-state index contributed by atoms with van der Waals surface area (Å²) in [6, 6.07) is 8.76. The maximum absolute atomic E-state index is 2.21. The van der Waals surface area contributed by atoms with Gasteiger partial charge >= 0.3 is 0 Å². The summed E-state index contributed by atoms with van der Waals surface area (Å²) >= 11 is 0. The molecule has 0 fully saturated rings. The third kappa shape index (κ3) is 2.91. The van der Waals surface area contributed by atoms with Crippen LogP contribution < -0.4 is 0 Å². The second-order valence-electron chi connectivity index (χ2n) is 3.09. The van der Waals surface area contributed by atoms with Crippen molar-refractivity contribution in [2.45, 2.75) is 26.7 Å². The highest BCUT2D eigenvalue weighted by Crippen LogP contribution is 2.05. The van der Waals surface area contributed by atoms with Crippen LogP contribution in [0.3, 0.4) is 0 Å². The standard InChI is InChI=1S/C12H16/c1-3-4-5-6-12-9-7-11(2)8-10-12/h3-4,7-10H,5-6H2,1-2H3. The molecule has 0 amide bonds. The summed E-state index contributed by atoms with van der Waals surface area (Å²) in [4.78, 5) is 0. The van der Waals surface area contributed by atoms with Crippen molar-refractivity contribution in [2.24, 2.45) is 0 Å². The fraction of sp³-hybridized carbons (Fsp3) is 0.333. The molecule has 64 valence electrons. The van der Waals surface area contributed by atoms with Gasteiger partial charge in [-0.2, -0.15) is 0 Å². The predicted molar refractivity (Wildman–Crippen MR) is 54.3 cm³/mol. The molecule has 0 saturated heterocycles. The molecule has 0 heterocycles. The molecule has 0 aliphatic carbocycles. The number of allylic oxidation sites excluding steroid dienone is 2. The highest BCUT2D eigenvalue weighted by Gasteiger charge is 1.89. The molecule has 0 aliphatic rings. The van der Waals surface area contributed by atoms with Crippen molar-refractivity contribution in [2.75, 3.05) is 0 Å². The van der Waals surface area contributed by atoms with Crippen molar-refractivity contribution >= 4 is 0 Å². The van der Waals surface area contributed by atoms with E-state index in [1.54, 1.807) is 0 Å². The Bertz CT molecular complexity index is 241. The number of hydrogen-bond donors (Lipinski definition) is 0. The summed E-state index contributed by atoms with van der Waals surface area (Å²) in [7, 11) is 0. The van der Waals surface area contributed by atoms with Crippen molar-refractivity contribution < 1.29 is 0 Å². The van der Waals surface area contributed by atoms with Crippen LogP contribution in [0.2, 0.25) is 0 Å². The van der Waals surface area contributed by atoms with Crippen LogP contribution in [0.4, 0.5) is 0 Å². The SMILES string of the molecule is CC=CCCc1ccc(C)cc1. The van der Waals surface area contributed by atoms with Gasteiger partial charge in [0.15, 0.2) is 0 Å². The van der Waals surface area contributed by atoms with E-state index in [9.17, 15) is 0 Å². The van der Waals surface area contributed by atoms with Crippen LogP contribution in [-0.4, -0.2) is 0 Å². The summed E-state index contributed by atoms with van der Waals surface area (Å²) < 4.78 is 0. The van der Waals surface area contributed by atoms with Gasteiger partial charge in [-0.05, 0) is 32.3 Å². The van der Waals surface area contributed by atoms with Crippen molar-refractivity contribution in [1.29, 1.82) is 0 Å². The Morgan fingerprint density at radius 2 is 1.83 bits per heavy atom. The number of hydrogen-bond acceptors (Lipinski definition) is 0. The van der Waals surface area contributed by atoms with Gasteiger partial charge in [0, 0.05) is 0 Å². The zero-order valence-electron chi connectivity index (χ0n) is 7.88. The summed E-state index contributed by atoms with van der Waals surface area (Å²) in [6.07, 6.45) is 6.62. The topological polar surface area (TPSA) is 0 Å². The smallest absolute Gasteiger partial charge is 0.0244 e. The van der Waals surface area contributed by atoms with Gasteiger partial charge in [-0.1, -0.05) is 42.0 Å². The number of rotatable bonds is 3. The van der Waals surface area contributed by atoms with E-state index >= 15 is 0 Å². The molecule has 0 N–H and O–H groups in total. The molecule has 0 aliphatic heterocycles. The molecule has 0 aromatic heterocycles. The normalized spacial score (nSPS) is 10.8. The molecular formula is C12H16. The second-order valence-corrected chi connectivity index (χ2v) is 3.09. The van der Waals surface area contributed by atoms with Crippen molar-refractivity contribution in [1.82, 2.24) is 0 Å². The zero-order chi connectivity index (χ0) is 8.81. The Kier molecular flexibility index (Phi) is 3.59. The van der Waals surface area contributed by atoms with Crippen LogP contribution in [0, 0.1) is 6.92 Å². The van der Waals surface area contributed by atoms with E-state index < -0.39 is 0 Å². The van der Waals surface area contributed by atoms with E-state index in [2.05, 4.69) is 50.3 Å². The molecule has 1 aromatic carbocycles. The number of benzene rings is 1. The Morgan fingerprint density at radius 1 is 1.17 bits per heavy atom. The van der Waals surface area contributed by atoms with Gasteiger partial charge in [-0.3, -0.25) is 0 Å². The fourth-order valence-corrected chi connectivity index (χ4v) is 1.17. The molecular weight excluding hydrogens is 144 g/mol. The molecule has 1 aromatic rings. The van der Waals surface area contributed by atoms with Crippen LogP contribution in [0.1, 0.15) is 24.5 Å². The Hall–Kier alpha value is -1.04. The average molecular weight is 160 g/mol. The van der Waals surface area contributed by atoms with Crippen molar-refractivity contribution in [3.8, 4) is 0 Å². The Morgan fingerprint density at radius 3 is 2.42 bits per heavy atom. The minimum Gasteiger partial charge on any atom is -0.0917 e. The van der Waals surface area contributed by atoms with E-state index in [0.717, 1.165) is 12.8 Å². The lowest BCUT2D eigenvalue weighted by Gasteiger charge is -1.98. The third-order valence-electron chi connectivity index (χ3n) is 1.96. The fourth-order valence-electron chi connectivity index (χ4n) is 1.17. The first kappa shape index (κ1) is 9.05. The minimum absolute atomic E-state index is 1.15. The summed E-state index contributed by atoms with van der Waals surface area (Å²) in [5.74, 6) is 0. The molecule has 0 radical (unpaired) electrons. The summed E-state index contributed by atoms with van der Waals surface area (Å²) in [5, 5.41) is 0. The van der Waals surface area contributed by atoms with E-state index in [1.165, 1.54) is 11.1 Å². The predicted octanol–water partition coefficient (Wildman–Crippen LogP) is 3.50. The van der Waals surface area contributed by atoms with Crippen molar-refractivity contribution in [3.63, 3.8) is 0 Å². The first-order chi connectivity index (χ1) is 5.83. The van der Waals surface area contributed by atoms with Crippen molar-refractivity contribution in [3.05, 3.63) is 47.5 Å². The number of aryl methyl sites for hydroxylation is 2. The lowest BCUT2D eigenvalue weighted by molar-refractivity contribution is 0.998. The van der Waals surface area contributed by atoms with Crippen LogP contribution in [0.25, 0.3) is 0 Å². The highest BCUT2D eigenvalue weighted by atomic mass is 13.9.